The molecule has 2 fully saturated rings. The number of aromatic nitrogens is 2. The van der Waals surface area contributed by atoms with Crippen LogP contribution in [-0.2, 0) is 0 Å². The van der Waals surface area contributed by atoms with Gasteiger partial charge in [0.15, 0.2) is 0 Å². The number of hydrogen-bond donors (Lipinski definition) is 0. The fourth-order valence-corrected chi connectivity index (χ4v) is 4.90. The molecule has 3 heterocycles. The lowest BCUT2D eigenvalue weighted by Gasteiger charge is -2.41. The molecule has 0 unspecified atom stereocenters. The fraction of sp³-hybridized carbons (Fsp3) is 0.417. The molecule has 3 aromatic rings. The molecule has 2 saturated heterocycles. The van der Waals surface area contributed by atoms with E-state index in [0.29, 0.717) is 5.56 Å². The summed E-state index contributed by atoms with van der Waals surface area (Å²) in [5.41, 5.74) is 4.91. The summed E-state index contributed by atoms with van der Waals surface area (Å²) in [5.74, 6) is 0. The first kappa shape index (κ1) is 18.4. The summed E-state index contributed by atoms with van der Waals surface area (Å²) in [6.45, 7) is 4.86. The molecule has 0 bridgehead atoms. The molecule has 0 radical (unpaired) electrons. The van der Waals surface area contributed by atoms with Gasteiger partial charge in [0.1, 0.15) is 12.6 Å². The number of carbonyl (C=O) groups is 1. The molecule has 0 amide bonds. The summed E-state index contributed by atoms with van der Waals surface area (Å²) >= 11 is 0. The summed E-state index contributed by atoms with van der Waals surface area (Å²) in [7, 11) is 0. The van der Waals surface area contributed by atoms with Gasteiger partial charge in [-0.2, -0.15) is 0 Å². The van der Waals surface area contributed by atoms with Crippen LogP contribution < -0.4 is 4.90 Å². The van der Waals surface area contributed by atoms with Crippen LogP contribution in [0.5, 0.6) is 0 Å². The zero-order valence-corrected chi connectivity index (χ0v) is 16.8. The van der Waals surface area contributed by atoms with Crippen LogP contribution in [0.1, 0.15) is 42.5 Å². The highest BCUT2D eigenvalue weighted by Crippen LogP contribution is 2.26. The number of hydrogen-bond acceptors (Lipinski definition) is 4. The maximum atomic E-state index is 11.1. The summed E-state index contributed by atoms with van der Waals surface area (Å²) in [6, 6.07) is 15.1. The number of piperidine rings is 2. The normalized spacial score (nSPS) is 19.0. The van der Waals surface area contributed by atoms with Gasteiger partial charge in [-0.15, -0.1) is 0 Å². The second-order valence-corrected chi connectivity index (χ2v) is 8.31. The van der Waals surface area contributed by atoms with E-state index in [0.717, 1.165) is 42.1 Å². The maximum absolute atomic E-state index is 11.1. The Morgan fingerprint density at radius 3 is 2.31 bits per heavy atom. The van der Waals surface area contributed by atoms with Gasteiger partial charge >= 0.3 is 0 Å². The largest absolute Gasteiger partial charge is 0.371 e. The SMILES string of the molecule is O=Cc1ccc2ncn(-c3ccc(N4CCC(N5CCCCC5)CC4)cc3)c2c1. The number of carbonyl (C=O) groups excluding carboxylic acids is 1. The van der Waals surface area contributed by atoms with Crippen molar-refractivity contribution in [3.8, 4) is 5.69 Å². The van der Waals surface area contributed by atoms with Crippen molar-refractivity contribution in [3.63, 3.8) is 0 Å². The van der Waals surface area contributed by atoms with Gasteiger partial charge in [0.2, 0.25) is 0 Å². The van der Waals surface area contributed by atoms with Crippen molar-refractivity contribution < 1.29 is 4.79 Å². The monoisotopic (exact) mass is 388 g/mol. The van der Waals surface area contributed by atoms with Crippen LogP contribution in [0.4, 0.5) is 5.69 Å². The smallest absolute Gasteiger partial charge is 0.150 e. The first-order valence-corrected chi connectivity index (χ1v) is 10.8. The molecule has 1 aromatic heterocycles. The zero-order chi connectivity index (χ0) is 19.6. The first-order valence-electron chi connectivity index (χ1n) is 10.8. The third-order valence-electron chi connectivity index (χ3n) is 6.57. The van der Waals surface area contributed by atoms with E-state index in [1.54, 1.807) is 0 Å². The second-order valence-electron chi connectivity index (χ2n) is 8.31. The Labute approximate surface area is 171 Å². The molecule has 0 saturated carbocycles. The molecule has 2 aliphatic rings. The van der Waals surface area contributed by atoms with E-state index < -0.39 is 0 Å². The maximum Gasteiger partial charge on any atom is 0.150 e. The van der Waals surface area contributed by atoms with Crippen LogP contribution in [0, 0.1) is 0 Å². The molecule has 0 aliphatic carbocycles. The quantitative estimate of drug-likeness (QED) is 0.625. The Hall–Kier alpha value is -2.66. The van der Waals surface area contributed by atoms with Crippen LogP contribution in [0.3, 0.4) is 0 Å². The summed E-state index contributed by atoms with van der Waals surface area (Å²) < 4.78 is 2.05. The van der Waals surface area contributed by atoms with E-state index in [1.165, 1.54) is 50.9 Å². The highest BCUT2D eigenvalue weighted by atomic mass is 16.1. The van der Waals surface area contributed by atoms with Gasteiger partial charge in [-0.1, -0.05) is 6.42 Å². The van der Waals surface area contributed by atoms with Crippen LogP contribution >= 0.6 is 0 Å². The molecular weight excluding hydrogens is 360 g/mol. The molecule has 5 nitrogen and oxygen atoms in total. The molecule has 5 rings (SSSR count). The Morgan fingerprint density at radius 1 is 0.862 bits per heavy atom. The Balaban J connectivity index is 1.29. The minimum Gasteiger partial charge on any atom is -0.371 e. The fourth-order valence-electron chi connectivity index (χ4n) is 4.90. The van der Waals surface area contributed by atoms with Crippen LogP contribution in [0.2, 0.25) is 0 Å². The molecule has 150 valence electrons. The molecule has 2 aromatic carbocycles. The van der Waals surface area contributed by atoms with Crippen molar-refractivity contribution in [2.45, 2.75) is 38.1 Å². The van der Waals surface area contributed by atoms with Crippen molar-refractivity contribution in [1.29, 1.82) is 0 Å². The van der Waals surface area contributed by atoms with Gasteiger partial charge < -0.3 is 9.80 Å². The second kappa shape index (κ2) is 7.99. The molecule has 29 heavy (non-hydrogen) atoms. The Kier molecular flexibility index (Phi) is 5.06. The number of aldehydes is 1. The standard InChI is InChI=1S/C24H28N4O/c29-17-19-4-9-23-24(16-19)28(18-25-23)22-7-5-20(6-8-22)27-14-10-21(11-15-27)26-12-2-1-3-13-26/h4-9,16-18,21H,1-3,10-15H2. The predicted molar refractivity (Wildman–Crippen MR) is 117 cm³/mol. The van der Waals surface area contributed by atoms with E-state index in [4.69, 9.17) is 0 Å². The molecule has 0 N–H and O–H groups in total. The van der Waals surface area contributed by atoms with Gasteiger partial charge in [0.05, 0.1) is 11.0 Å². The minimum absolute atomic E-state index is 0.674. The van der Waals surface area contributed by atoms with Crippen LogP contribution in [0.15, 0.2) is 48.8 Å². The number of likely N-dealkylation sites (tertiary alicyclic amines) is 1. The van der Waals surface area contributed by atoms with E-state index in [2.05, 4.69) is 43.6 Å². The van der Waals surface area contributed by atoms with E-state index in [9.17, 15) is 4.79 Å². The van der Waals surface area contributed by atoms with E-state index in [-0.39, 0.29) is 0 Å². The van der Waals surface area contributed by atoms with Crippen molar-refractivity contribution in [1.82, 2.24) is 14.5 Å². The summed E-state index contributed by atoms with van der Waals surface area (Å²) in [4.78, 5) is 20.8. The van der Waals surface area contributed by atoms with E-state index in [1.807, 2.05) is 24.5 Å². The van der Waals surface area contributed by atoms with Crippen molar-refractivity contribution in [3.05, 3.63) is 54.4 Å². The molecule has 0 atom stereocenters. The molecule has 5 heteroatoms. The minimum atomic E-state index is 0.674. The van der Waals surface area contributed by atoms with Crippen LogP contribution in [0.25, 0.3) is 16.7 Å². The highest BCUT2D eigenvalue weighted by Gasteiger charge is 2.25. The van der Waals surface area contributed by atoms with Crippen molar-refractivity contribution in [2.24, 2.45) is 0 Å². The summed E-state index contributed by atoms with van der Waals surface area (Å²) in [5, 5.41) is 0. The van der Waals surface area contributed by atoms with E-state index >= 15 is 0 Å². The van der Waals surface area contributed by atoms with Gasteiger partial charge in [0, 0.05) is 36.1 Å². The number of rotatable bonds is 4. The number of anilines is 1. The van der Waals surface area contributed by atoms with Crippen LogP contribution in [-0.4, -0.2) is 53.0 Å². The highest BCUT2D eigenvalue weighted by molar-refractivity contribution is 5.86. The average molecular weight is 389 g/mol. The van der Waals surface area contributed by atoms with Crippen molar-refractivity contribution >= 4 is 23.0 Å². The number of imidazole rings is 1. The molecular formula is C24H28N4O. The predicted octanol–water partition coefficient (Wildman–Crippen LogP) is 4.29. The Morgan fingerprint density at radius 2 is 1.59 bits per heavy atom. The molecule has 2 aliphatic heterocycles. The van der Waals surface area contributed by atoms with Gasteiger partial charge in [-0.3, -0.25) is 9.36 Å². The van der Waals surface area contributed by atoms with Gasteiger partial charge in [-0.05, 0) is 81.2 Å². The number of nitrogens with zero attached hydrogens (tertiary/aromatic N) is 4. The van der Waals surface area contributed by atoms with Gasteiger partial charge in [0.25, 0.3) is 0 Å². The number of fused-ring (bicyclic) bond motifs is 1. The zero-order valence-electron chi connectivity index (χ0n) is 16.8. The number of benzene rings is 2. The molecule has 0 spiro atoms. The first-order chi connectivity index (χ1) is 14.3. The van der Waals surface area contributed by atoms with Gasteiger partial charge in [-0.25, -0.2) is 4.98 Å². The third kappa shape index (κ3) is 3.67. The lowest BCUT2D eigenvalue weighted by molar-refractivity contribution is 0.112. The summed E-state index contributed by atoms with van der Waals surface area (Å²) in [6.07, 6.45) is 9.40. The lowest BCUT2D eigenvalue weighted by Crippen LogP contribution is -2.46. The lowest BCUT2D eigenvalue weighted by atomic mass is 9.99. The third-order valence-corrected chi connectivity index (χ3v) is 6.57. The van der Waals surface area contributed by atoms with Crippen molar-refractivity contribution in [2.75, 3.05) is 31.1 Å². The topological polar surface area (TPSA) is 41.4 Å². The Bertz CT molecular complexity index is 980. The average Bonchev–Trinajstić information content (AvgIpc) is 3.23.